The van der Waals surface area contributed by atoms with Crippen molar-refractivity contribution in [1.82, 2.24) is 0 Å². The average Bonchev–Trinajstić information content (AvgIpc) is 1.37. The Labute approximate surface area is 823 Å². The van der Waals surface area contributed by atoms with Gasteiger partial charge in [-0.25, -0.2) is 0 Å². The molecule has 29 rings (SSSR count). The molecular weight excluding hydrogens is 1660 g/mol. The second-order valence-electron chi connectivity index (χ2n) is 34.5. The number of fused-ring (bicyclic) bond motifs is 20. The van der Waals surface area contributed by atoms with Gasteiger partial charge >= 0.3 is 0 Å². The van der Waals surface area contributed by atoms with E-state index in [1.54, 1.807) is 18.2 Å². The largest absolute Gasteiger partial charge is 0.456 e. The highest BCUT2D eigenvalue weighted by molar-refractivity contribution is 6.27. The molecule has 0 unspecified atom stereocenters. The van der Waals surface area contributed by atoms with Crippen LogP contribution in [0.2, 0.25) is 0 Å². The molecular formula is C134H82O3. The molecule has 0 fully saturated rings. The van der Waals surface area contributed by atoms with Gasteiger partial charge in [-0.05, 0) is 310 Å². The zero-order chi connectivity index (χ0) is 111. The zero-order valence-corrected chi connectivity index (χ0v) is 72.7. The molecule has 3 nitrogen and oxygen atoms in total. The molecule has 0 aliphatic carbocycles. The van der Waals surface area contributed by atoms with Crippen LogP contribution in [0.1, 0.15) is 32.9 Å². The van der Waals surface area contributed by atoms with Gasteiger partial charge in [0.2, 0.25) is 0 Å². The maximum atomic E-state index is 9.46. The number of benzene rings is 26. The van der Waals surface area contributed by atoms with Crippen molar-refractivity contribution >= 4 is 184 Å². The van der Waals surface area contributed by atoms with Gasteiger partial charge in [-0.15, -0.1) is 0 Å². The molecule has 0 atom stereocenters. The fourth-order valence-electron chi connectivity index (χ4n) is 20.4. The summed E-state index contributed by atoms with van der Waals surface area (Å²) < 4.78 is 237. The van der Waals surface area contributed by atoms with Crippen LogP contribution in [-0.4, -0.2) is 0 Å². The minimum atomic E-state index is -0.439. The van der Waals surface area contributed by atoms with Crippen molar-refractivity contribution < 1.29 is 46.1 Å². The zero-order valence-electron chi connectivity index (χ0n) is 96.7. The second kappa shape index (κ2) is 32.5. The van der Waals surface area contributed by atoms with Crippen LogP contribution in [0.5, 0.6) is 0 Å². The SMILES string of the molecule is [2H]c1c([2H])c([2H])c2c(-c3ccc4oc5cc6ccccc6cc5c4c3)c3c([2H])c([2H])c([2H])c([2H])c3c(-c3ccc4cc(-c5ccccc5)ccc4c3)c2c1[2H].[2H]c1c([2H])c([2H])c2c(-c3ccc4oc5cc6ccccc6cc5c4c3)c3c([2H])c([2H])c([2H])c([2H])c3c(-c3ccc4ccccc4c3)c2c1[2H].[2H]c1c([2H])c([2H])c2c(-c3ccccc3-c3ccc(-c4ccccc4)cc3)c3c([2H])c([2H])c([2H])c([2H])c3c(-c3ccc4oc5cc6ccccc6cc5c4c3)c2c1[2H]. The summed E-state index contributed by atoms with van der Waals surface area (Å²) in [5.41, 5.74) is 14.9. The molecule has 3 heteroatoms. The molecule has 0 aliphatic heterocycles. The topological polar surface area (TPSA) is 39.4 Å². The van der Waals surface area contributed by atoms with E-state index in [2.05, 4.69) is 24.3 Å². The van der Waals surface area contributed by atoms with E-state index in [0.717, 1.165) is 120 Å². The number of hydrogen-bond acceptors (Lipinski definition) is 3. The molecule has 0 aliphatic rings. The van der Waals surface area contributed by atoms with Gasteiger partial charge in [0.25, 0.3) is 0 Å². The first-order valence-electron chi connectivity index (χ1n) is 57.1. The summed E-state index contributed by atoms with van der Waals surface area (Å²) in [5, 5.41) is 16.9. The lowest BCUT2D eigenvalue weighted by atomic mass is 9.83. The van der Waals surface area contributed by atoms with E-state index in [-0.39, 0.29) is 137 Å². The number of rotatable bonds is 9. The Morgan fingerprint density at radius 3 is 0.679 bits per heavy atom. The minimum absolute atomic E-state index is 0.167. The maximum Gasteiger partial charge on any atom is 0.136 e. The second-order valence-corrected chi connectivity index (χ2v) is 34.5. The summed E-state index contributed by atoms with van der Waals surface area (Å²) in [5.74, 6) is 0. The first-order chi connectivity index (χ1) is 77.9. The standard InChI is InChI=1S/C48H30O.C46H28O.C40H24O/c1-2-12-31(13-3-1)32-22-24-33(25-23-32)37-16-6-7-17-38(37)48-41-20-10-8-18-39(41)47(40-19-9-11-21-42(40)48)36-26-27-45-43(29-36)44-28-34-14-4-5-15-35(34)30-46(44)49-45;1-2-10-29(11-3-1)32-18-19-34-25-35(21-20-33(34)24-32)45-37-14-6-8-16-39(37)46(40-17-9-7-15-38(40)45)36-22-23-43-41(27-36)42-26-30-12-4-5-13-31(30)28-44(42)47-43;1-2-10-26-21-29(18-17-25(26)9-1)39-31-13-5-7-15-33(31)40(34-16-8-6-14-32(34)39)30-19-20-37-35(23-30)36-22-27-11-3-4-12-28(27)24-38(36)41-37/h1-30H;1-28H;1-24H/i8D,9D,10D,11D,18D,19D,20D,21D;6D,7D,8D,9D,14D,15D,16D,17D;5D,6D,7D,8D,13D,14D,15D,16D. The molecule has 0 N–H and O–H groups in total. The Morgan fingerprint density at radius 1 is 0.124 bits per heavy atom. The van der Waals surface area contributed by atoms with E-state index in [4.69, 9.17) is 29.7 Å². The van der Waals surface area contributed by atoms with E-state index in [0.29, 0.717) is 100 Å². The predicted molar refractivity (Wildman–Crippen MR) is 583 cm³/mol. The Balaban J connectivity index is 0.000000117. The van der Waals surface area contributed by atoms with E-state index < -0.39 is 72.5 Å². The molecule has 0 radical (unpaired) electrons. The van der Waals surface area contributed by atoms with E-state index in [1.165, 1.54) is 0 Å². The van der Waals surface area contributed by atoms with Crippen molar-refractivity contribution in [2.75, 3.05) is 0 Å². The van der Waals surface area contributed by atoms with Gasteiger partial charge in [0, 0.05) is 32.3 Å². The lowest BCUT2D eigenvalue weighted by Crippen LogP contribution is -1.92. The molecule has 0 spiro atoms. The summed E-state index contributed by atoms with van der Waals surface area (Å²) in [7, 11) is 0. The van der Waals surface area contributed by atoms with Crippen LogP contribution in [0, 0.1) is 0 Å². The molecule has 29 aromatic rings. The summed E-state index contributed by atoms with van der Waals surface area (Å²) in [6.07, 6.45) is 0. The third-order valence-corrected chi connectivity index (χ3v) is 26.8. The van der Waals surface area contributed by atoms with Crippen molar-refractivity contribution in [2.45, 2.75) is 0 Å². The van der Waals surface area contributed by atoms with Gasteiger partial charge < -0.3 is 13.3 Å². The molecule has 0 amide bonds. The fraction of sp³-hybridized carbons (Fsp3) is 0. The van der Waals surface area contributed by atoms with Gasteiger partial charge in [-0.2, -0.15) is 0 Å². The fourth-order valence-corrected chi connectivity index (χ4v) is 20.4. The normalized spacial score (nSPS) is 14.2. The van der Waals surface area contributed by atoms with Gasteiger partial charge in [0.15, 0.2) is 0 Å². The van der Waals surface area contributed by atoms with Crippen LogP contribution in [0.4, 0.5) is 0 Å². The Hall–Kier alpha value is -18.0. The van der Waals surface area contributed by atoms with Crippen molar-refractivity contribution in [2.24, 2.45) is 0 Å². The minimum Gasteiger partial charge on any atom is -0.456 e. The van der Waals surface area contributed by atoms with Crippen LogP contribution in [0.3, 0.4) is 0 Å². The Bertz CT molecular complexity index is 11300. The molecule has 26 aromatic carbocycles. The van der Waals surface area contributed by atoms with Crippen molar-refractivity contribution in [1.29, 1.82) is 0 Å². The smallest absolute Gasteiger partial charge is 0.136 e. The third kappa shape index (κ3) is 13.5. The average molecular weight is 1760 g/mol. The quantitative estimate of drug-likeness (QED) is 0.135. The first kappa shape index (κ1) is 58.0. The third-order valence-electron chi connectivity index (χ3n) is 26.8. The van der Waals surface area contributed by atoms with Gasteiger partial charge in [0.05, 0.1) is 32.9 Å². The molecule has 636 valence electrons. The molecule has 0 saturated carbocycles. The Morgan fingerprint density at radius 2 is 0.336 bits per heavy atom. The van der Waals surface area contributed by atoms with Crippen molar-refractivity contribution in [3.8, 4) is 100 Å². The lowest BCUT2D eigenvalue weighted by Gasteiger charge is -2.20. The Kier molecular flexibility index (Phi) is 13.7. The van der Waals surface area contributed by atoms with Crippen LogP contribution >= 0.6 is 0 Å². The van der Waals surface area contributed by atoms with Gasteiger partial charge in [-0.3, -0.25) is 0 Å². The summed E-state index contributed by atoms with van der Waals surface area (Å²) in [6.45, 7) is 0. The van der Waals surface area contributed by atoms with Crippen LogP contribution in [0.25, 0.3) is 284 Å². The maximum absolute atomic E-state index is 9.46. The molecule has 137 heavy (non-hydrogen) atoms. The highest BCUT2D eigenvalue weighted by atomic mass is 16.3. The predicted octanol–water partition coefficient (Wildman–Crippen LogP) is 38.4. The van der Waals surface area contributed by atoms with Gasteiger partial charge in [0.1, 0.15) is 33.5 Å². The highest BCUT2D eigenvalue weighted by Gasteiger charge is 2.25. The molecule has 0 bridgehead atoms. The number of hydrogen-bond donors (Lipinski definition) is 0. The van der Waals surface area contributed by atoms with E-state index >= 15 is 0 Å². The van der Waals surface area contributed by atoms with Gasteiger partial charge in [-0.1, -0.05) is 406 Å². The van der Waals surface area contributed by atoms with Crippen molar-refractivity contribution in [3.05, 3.63) is 497 Å². The van der Waals surface area contributed by atoms with E-state index in [9.17, 15) is 16.4 Å². The monoisotopic (exact) mass is 1760 g/mol. The lowest BCUT2D eigenvalue weighted by molar-refractivity contribution is 0.669. The van der Waals surface area contributed by atoms with Crippen LogP contribution in [0.15, 0.2) is 510 Å². The highest BCUT2D eigenvalue weighted by Crippen LogP contribution is 2.52. The molecule has 0 saturated heterocycles. The van der Waals surface area contributed by atoms with E-state index in [1.807, 2.05) is 309 Å². The van der Waals surface area contributed by atoms with Crippen LogP contribution in [-0.2, 0) is 0 Å². The van der Waals surface area contributed by atoms with Crippen molar-refractivity contribution in [3.63, 3.8) is 0 Å². The summed E-state index contributed by atoms with van der Waals surface area (Å²) in [6, 6.07) is 105. The molecule has 3 aromatic heterocycles. The summed E-state index contributed by atoms with van der Waals surface area (Å²) in [4.78, 5) is 0. The van der Waals surface area contributed by atoms with Crippen LogP contribution < -0.4 is 0 Å². The first-order valence-corrected chi connectivity index (χ1v) is 45.1. The molecule has 3 heterocycles. The number of furan rings is 3. The summed E-state index contributed by atoms with van der Waals surface area (Å²) >= 11 is 0.